The first kappa shape index (κ1) is 17.9. The van der Waals surface area contributed by atoms with Gasteiger partial charge in [-0.1, -0.05) is 29.8 Å². The van der Waals surface area contributed by atoms with Crippen LogP contribution in [0.15, 0.2) is 48.5 Å². The fourth-order valence-corrected chi connectivity index (χ4v) is 2.42. The van der Waals surface area contributed by atoms with Gasteiger partial charge in [0.2, 0.25) is 5.91 Å². The molecule has 2 aromatic rings. The zero-order chi connectivity index (χ0) is 17.4. The molecule has 1 N–H and O–H groups in total. The number of benzene rings is 2. The summed E-state index contributed by atoms with van der Waals surface area (Å²) >= 11 is 5.93. The fraction of sp³-hybridized carbons (Fsp3) is 0.211. The van der Waals surface area contributed by atoms with Gasteiger partial charge in [-0.15, -0.1) is 0 Å². The number of ether oxygens (including phenoxy) is 2. The summed E-state index contributed by atoms with van der Waals surface area (Å²) < 4.78 is 10.4. The number of carbonyl (C=O) groups excluding carboxylic acids is 1. The van der Waals surface area contributed by atoms with Crippen LogP contribution in [0.5, 0.6) is 11.5 Å². The third-order valence-corrected chi connectivity index (χ3v) is 3.67. The van der Waals surface area contributed by atoms with Gasteiger partial charge in [0.1, 0.15) is 0 Å². The van der Waals surface area contributed by atoms with E-state index in [0.29, 0.717) is 23.1 Å². The molecule has 0 aliphatic heterocycles. The van der Waals surface area contributed by atoms with Crippen molar-refractivity contribution in [1.82, 2.24) is 5.32 Å². The lowest BCUT2D eigenvalue weighted by molar-refractivity contribution is -0.116. The monoisotopic (exact) mass is 345 g/mol. The fourth-order valence-electron chi connectivity index (χ4n) is 2.21. The van der Waals surface area contributed by atoms with E-state index < -0.39 is 0 Å². The Labute approximate surface area is 147 Å². The number of methoxy groups -OCH3 is 2. The van der Waals surface area contributed by atoms with Gasteiger partial charge in [0.15, 0.2) is 11.5 Å². The molecule has 0 fully saturated rings. The van der Waals surface area contributed by atoms with Gasteiger partial charge in [-0.25, -0.2) is 0 Å². The molecule has 2 aromatic carbocycles. The highest BCUT2D eigenvalue weighted by Gasteiger charge is 2.03. The molecule has 0 unspecified atom stereocenters. The summed E-state index contributed by atoms with van der Waals surface area (Å²) in [6.45, 7) is 0.551. The average molecular weight is 346 g/mol. The number of hydrogen-bond donors (Lipinski definition) is 1. The van der Waals surface area contributed by atoms with E-state index in [9.17, 15) is 4.79 Å². The highest BCUT2D eigenvalue weighted by Crippen LogP contribution is 2.27. The average Bonchev–Trinajstić information content (AvgIpc) is 2.59. The number of rotatable bonds is 7. The Morgan fingerprint density at radius 2 is 1.92 bits per heavy atom. The van der Waals surface area contributed by atoms with E-state index in [1.54, 1.807) is 26.4 Å². The summed E-state index contributed by atoms with van der Waals surface area (Å²) in [5, 5.41) is 3.55. The van der Waals surface area contributed by atoms with Gasteiger partial charge in [-0.05, 0) is 47.9 Å². The van der Waals surface area contributed by atoms with E-state index in [2.05, 4.69) is 5.32 Å². The van der Waals surface area contributed by atoms with Gasteiger partial charge in [0.25, 0.3) is 0 Å². The molecular formula is C19H20ClNO3. The van der Waals surface area contributed by atoms with Crippen LogP contribution in [0.25, 0.3) is 6.08 Å². The molecule has 0 aliphatic carbocycles. The zero-order valence-corrected chi connectivity index (χ0v) is 14.5. The summed E-state index contributed by atoms with van der Waals surface area (Å²) in [4.78, 5) is 11.9. The molecule has 1 amide bonds. The number of hydrogen-bond acceptors (Lipinski definition) is 3. The van der Waals surface area contributed by atoms with Crippen molar-refractivity contribution >= 4 is 23.6 Å². The minimum Gasteiger partial charge on any atom is -0.493 e. The summed E-state index contributed by atoms with van der Waals surface area (Å²) in [5.41, 5.74) is 1.95. The molecule has 2 rings (SSSR count). The van der Waals surface area contributed by atoms with E-state index in [0.717, 1.165) is 17.5 Å². The van der Waals surface area contributed by atoms with E-state index in [1.165, 1.54) is 6.08 Å². The molecule has 0 saturated carbocycles. The van der Waals surface area contributed by atoms with Crippen molar-refractivity contribution in [3.05, 3.63) is 64.7 Å². The van der Waals surface area contributed by atoms with Gasteiger partial charge in [0, 0.05) is 17.6 Å². The normalized spacial score (nSPS) is 10.6. The summed E-state index contributed by atoms with van der Waals surface area (Å²) in [6.07, 6.45) is 3.96. The molecular weight excluding hydrogens is 326 g/mol. The molecule has 4 nitrogen and oxygen atoms in total. The largest absolute Gasteiger partial charge is 0.493 e. The molecule has 0 bridgehead atoms. The lowest BCUT2D eigenvalue weighted by Crippen LogP contribution is -2.23. The highest BCUT2D eigenvalue weighted by atomic mass is 35.5. The quantitative estimate of drug-likeness (QED) is 0.778. The lowest BCUT2D eigenvalue weighted by Gasteiger charge is -2.07. The second kappa shape index (κ2) is 8.99. The number of halogens is 1. The van der Waals surface area contributed by atoms with E-state index in [1.807, 2.05) is 36.4 Å². The lowest BCUT2D eigenvalue weighted by atomic mass is 10.1. The van der Waals surface area contributed by atoms with Crippen LogP contribution in [0.1, 0.15) is 11.1 Å². The molecule has 0 spiro atoms. The maximum atomic E-state index is 11.9. The highest BCUT2D eigenvalue weighted by molar-refractivity contribution is 6.30. The minimum absolute atomic E-state index is 0.146. The second-order valence-electron chi connectivity index (χ2n) is 5.12. The molecule has 0 atom stereocenters. The molecule has 5 heteroatoms. The molecule has 0 heterocycles. The Kier molecular flexibility index (Phi) is 6.70. The van der Waals surface area contributed by atoms with Crippen molar-refractivity contribution < 1.29 is 14.3 Å². The van der Waals surface area contributed by atoms with Gasteiger partial charge in [0.05, 0.1) is 14.2 Å². The van der Waals surface area contributed by atoms with Crippen LogP contribution in [-0.2, 0) is 11.2 Å². The third kappa shape index (κ3) is 5.32. The first-order valence-corrected chi connectivity index (χ1v) is 7.92. The van der Waals surface area contributed by atoms with Crippen molar-refractivity contribution in [2.45, 2.75) is 6.42 Å². The number of amides is 1. The second-order valence-corrected chi connectivity index (χ2v) is 5.56. The maximum Gasteiger partial charge on any atom is 0.244 e. The SMILES string of the molecule is COc1ccc(/C=C/C(=O)NCCc2cccc(Cl)c2)cc1OC. The van der Waals surface area contributed by atoms with Gasteiger partial charge < -0.3 is 14.8 Å². The van der Waals surface area contributed by atoms with Crippen LogP contribution < -0.4 is 14.8 Å². The zero-order valence-electron chi connectivity index (χ0n) is 13.7. The molecule has 24 heavy (non-hydrogen) atoms. The smallest absolute Gasteiger partial charge is 0.244 e. The molecule has 0 saturated heterocycles. The third-order valence-electron chi connectivity index (χ3n) is 3.44. The van der Waals surface area contributed by atoms with E-state index >= 15 is 0 Å². The molecule has 126 valence electrons. The first-order valence-electron chi connectivity index (χ1n) is 7.55. The number of nitrogens with one attached hydrogen (secondary N) is 1. The van der Waals surface area contributed by atoms with Crippen LogP contribution in [-0.4, -0.2) is 26.7 Å². The predicted octanol–water partition coefficient (Wildman–Crippen LogP) is 3.73. The van der Waals surface area contributed by atoms with E-state index in [-0.39, 0.29) is 5.91 Å². The van der Waals surface area contributed by atoms with Crippen LogP contribution >= 0.6 is 11.6 Å². The van der Waals surface area contributed by atoms with Crippen molar-refractivity contribution in [2.75, 3.05) is 20.8 Å². The Morgan fingerprint density at radius 3 is 2.62 bits per heavy atom. The maximum absolute atomic E-state index is 11.9. The van der Waals surface area contributed by atoms with Crippen LogP contribution in [0.3, 0.4) is 0 Å². The molecule has 0 aromatic heterocycles. The van der Waals surface area contributed by atoms with Crippen LogP contribution in [0.4, 0.5) is 0 Å². The minimum atomic E-state index is -0.146. The Morgan fingerprint density at radius 1 is 1.12 bits per heavy atom. The summed E-state index contributed by atoms with van der Waals surface area (Å²) in [5.74, 6) is 1.13. The number of carbonyl (C=O) groups is 1. The van der Waals surface area contributed by atoms with Gasteiger partial charge in [-0.3, -0.25) is 4.79 Å². The van der Waals surface area contributed by atoms with Crippen LogP contribution in [0, 0.1) is 0 Å². The molecule has 0 aliphatic rings. The van der Waals surface area contributed by atoms with Crippen molar-refractivity contribution in [3.63, 3.8) is 0 Å². The predicted molar refractivity (Wildman–Crippen MR) is 96.7 cm³/mol. The Balaban J connectivity index is 1.86. The molecule has 0 radical (unpaired) electrons. The van der Waals surface area contributed by atoms with Crippen molar-refractivity contribution in [1.29, 1.82) is 0 Å². The Hall–Kier alpha value is -2.46. The van der Waals surface area contributed by atoms with E-state index in [4.69, 9.17) is 21.1 Å². The topological polar surface area (TPSA) is 47.6 Å². The summed E-state index contributed by atoms with van der Waals surface area (Å²) in [7, 11) is 3.16. The standard InChI is InChI=1S/C19H20ClNO3/c1-23-17-8-6-15(13-18(17)24-2)7-9-19(22)21-11-10-14-4-3-5-16(20)12-14/h3-9,12-13H,10-11H2,1-2H3,(H,21,22)/b9-7+. The summed E-state index contributed by atoms with van der Waals surface area (Å²) in [6, 6.07) is 13.1. The Bertz CT molecular complexity index is 728. The van der Waals surface area contributed by atoms with Gasteiger partial charge >= 0.3 is 0 Å². The first-order chi connectivity index (χ1) is 11.6. The van der Waals surface area contributed by atoms with Crippen molar-refractivity contribution in [2.24, 2.45) is 0 Å². The van der Waals surface area contributed by atoms with Crippen LogP contribution in [0.2, 0.25) is 5.02 Å². The van der Waals surface area contributed by atoms with Crippen molar-refractivity contribution in [3.8, 4) is 11.5 Å². The van der Waals surface area contributed by atoms with Gasteiger partial charge in [-0.2, -0.15) is 0 Å².